The van der Waals surface area contributed by atoms with Crippen LogP contribution in [0.4, 0.5) is 5.69 Å². The molecule has 5 rings (SSSR count). The van der Waals surface area contributed by atoms with Gasteiger partial charge >= 0.3 is 0 Å². The number of phenols is 1. The van der Waals surface area contributed by atoms with Crippen molar-refractivity contribution < 1.29 is 12.0 Å². The lowest BCUT2D eigenvalue weighted by Crippen LogP contribution is -2.19. The largest absolute Gasteiger partial charge is 0.508 e. The number of aryl methyl sites for hydroxylation is 2. The highest BCUT2D eigenvalue weighted by Gasteiger charge is 2.27. The van der Waals surface area contributed by atoms with Gasteiger partial charge in [0.05, 0.1) is 18.1 Å². The highest BCUT2D eigenvalue weighted by atomic mass is 16.3. The van der Waals surface area contributed by atoms with Crippen LogP contribution in [0.2, 0.25) is 0 Å². The molecule has 28 heavy (non-hydrogen) atoms. The minimum Gasteiger partial charge on any atom is -0.508 e. The molecule has 0 bridgehead atoms. The molecular weight excluding hydrogens is 344 g/mol. The number of para-hydroxylation sites is 1. The van der Waals surface area contributed by atoms with Gasteiger partial charge in [0, 0.05) is 11.1 Å². The normalized spacial score (nSPS) is 18.6. The fourth-order valence-corrected chi connectivity index (χ4v) is 4.21. The summed E-state index contributed by atoms with van der Waals surface area (Å²) in [6.07, 6.45) is 2.53. The van der Waals surface area contributed by atoms with Crippen LogP contribution in [0.1, 0.15) is 41.6 Å². The molecule has 0 amide bonds. The van der Waals surface area contributed by atoms with Crippen molar-refractivity contribution in [2.45, 2.75) is 32.1 Å². The SMILES string of the molecule is [2H]c1c([2H])c([2H])c(Nn2c3c(c4cc(O)ccc42)CCC(c2ccc(C)cc2)C3)c([2H])c1[2H]. The summed E-state index contributed by atoms with van der Waals surface area (Å²) in [6, 6.07) is 12.0. The average Bonchev–Trinajstić information content (AvgIpc) is 3.11. The van der Waals surface area contributed by atoms with E-state index < -0.39 is 6.04 Å². The van der Waals surface area contributed by atoms with Gasteiger partial charge in [-0.2, -0.15) is 0 Å². The van der Waals surface area contributed by atoms with Crippen LogP contribution in [-0.2, 0) is 12.8 Å². The Hall–Kier alpha value is -3.20. The first-order chi connectivity index (χ1) is 15.8. The summed E-state index contributed by atoms with van der Waals surface area (Å²) in [4.78, 5) is 0. The Labute approximate surface area is 172 Å². The van der Waals surface area contributed by atoms with Gasteiger partial charge in [0.15, 0.2) is 0 Å². The second-order valence-electron chi connectivity index (χ2n) is 7.42. The number of benzene rings is 3. The van der Waals surface area contributed by atoms with Gasteiger partial charge in [-0.15, -0.1) is 0 Å². The van der Waals surface area contributed by atoms with E-state index in [-0.39, 0.29) is 35.6 Å². The fraction of sp³-hybridized carbons (Fsp3) is 0.200. The molecule has 3 aromatic carbocycles. The lowest BCUT2D eigenvalue weighted by molar-refractivity contribution is 0.476. The van der Waals surface area contributed by atoms with Crippen LogP contribution in [0, 0.1) is 6.92 Å². The Balaban J connectivity index is 1.66. The summed E-state index contributed by atoms with van der Waals surface area (Å²) in [6.45, 7) is 2.07. The molecule has 0 spiro atoms. The summed E-state index contributed by atoms with van der Waals surface area (Å²) in [5.74, 6) is 0.475. The van der Waals surface area contributed by atoms with E-state index in [1.54, 1.807) is 18.2 Å². The van der Waals surface area contributed by atoms with Crippen molar-refractivity contribution in [3.63, 3.8) is 0 Å². The van der Waals surface area contributed by atoms with Crippen LogP contribution in [-0.4, -0.2) is 9.78 Å². The minimum atomic E-state index is -0.417. The number of hydrogen-bond donors (Lipinski definition) is 2. The quantitative estimate of drug-likeness (QED) is 0.476. The van der Waals surface area contributed by atoms with Gasteiger partial charge in [0.25, 0.3) is 0 Å². The summed E-state index contributed by atoms with van der Waals surface area (Å²) in [5.41, 5.74) is 8.55. The molecule has 1 aliphatic carbocycles. The molecule has 1 aromatic heterocycles. The van der Waals surface area contributed by atoms with Crippen LogP contribution in [0.3, 0.4) is 0 Å². The van der Waals surface area contributed by atoms with E-state index in [0.717, 1.165) is 41.4 Å². The summed E-state index contributed by atoms with van der Waals surface area (Å²) >= 11 is 0. The number of aromatic nitrogens is 1. The first-order valence-electron chi connectivity index (χ1n) is 12.0. The van der Waals surface area contributed by atoms with Gasteiger partial charge in [0.2, 0.25) is 0 Å². The molecule has 0 aliphatic heterocycles. The van der Waals surface area contributed by atoms with Crippen molar-refractivity contribution in [2.75, 3.05) is 5.43 Å². The first kappa shape index (κ1) is 12.3. The number of phenolic OH excluding ortho intramolecular Hbond substituents is 1. The lowest BCUT2D eigenvalue weighted by Gasteiger charge is -2.25. The van der Waals surface area contributed by atoms with E-state index in [1.807, 2.05) is 4.68 Å². The maximum Gasteiger partial charge on any atom is 0.116 e. The number of nitrogens with zero attached hydrogens (tertiary/aromatic N) is 1. The molecule has 0 saturated heterocycles. The van der Waals surface area contributed by atoms with Crippen LogP contribution in [0.25, 0.3) is 10.9 Å². The zero-order chi connectivity index (χ0) is 23.4. The topological polar surface area (TPSA) is 37.2 Å². The van der Waals surface area contributed by atoms with E-state index in [4.69, 9.17) is 6.85 Å². The second kappa shape index (κ2) is 6.75. The molecule has 0 saturated carbocycles. The third kappa shape index (κ3) is 2.93. The number of anilines is 1. The monoisotopic (exact) mass is 373 g/mol. The third-order valence-electron chi connectivity index (χ3n) is 5.62. The fourth-order valence-electron chi connectivity index (χ4n) is 4.21. The Morgan fingerprint density at radius 1 is 1.07 bits per heavy atom. The maximum absolute atomic E-state index is 10.1. The minimum absolute atomic E-state index is 0.0336. The zero-order valence-corrected chi connectivity index (χ0v) is 15.6. The molecule has 1 heterocycles. The molecule has 3 heteroatoms. The molecule has 0 radical (unpaired) electrons. The van der Waals surface area contributed by atoms with Gasteiger partial charge in [-0.05, 0) is 73.5 Å². The van der Waals surface area contributed by atoms with Crippen LogP contribution in [0.5, 0.6) is 5.75 Å². The number of fused-ring (bicyclic) bond motifs is 3. The average molecular weight is 374 g/mol. The summed E-state index contributed by atoms with van der Waals surface area (Å²) in [5, 5.41) is 11.0. The van der Waals surface area contributed by atoms with Crippen LogP contribution >= 0.6 is 0 Å². The molecule has 4 aromatic rings. The predicted molar refractivity (Wildman–Crippen MR) is 115 cm³/mol. The Bertz CT molecular complexity index is 1370. The molecular formula is C25H24N2O. The molecule has 2 N–H and O–H groups in total. The highest BCUT2D eigenvalue weighted by Crippen LogP contribution is 2.39. The second-order valence-corrected chi connectivity index (χ2v) is 7.42. The molecule has 1 unspecified atom stereocenters. The van der Waals surface area contributed by atoms with Crippen molar-refractivity contribution in [2.24, 2.45) is 0 Å². The molecule has 3 nitrogen and oxygen atoms in total. The van der Waals surface area contributed by atoms with Crippen LogP contribution < -0.4 is 5.43 Å². The lowest BCUT2D eigenvalue weighted by atomic mass is 9.82. The molecule has 140 valence electrons. The van der Waals surface area contributed by atoms with Gasteiger partial charge in [-0.25, -0.2) is 0 Å². The van der Waals surface area contributed by atoms with Gasteiger partial charge in [-0.3, -0.25) is 10.1 Å². The number of aromatic hydroxyl groups is 1. The van der Waals surface area contributed by atoms with Crippen molar-refractivity contribution >= 4 is 16.6 Å². The number of hydrogen-bond acceptors (Lipinski definition) is 2. The van der Waals surface area contributed by atoms with Crippen LogP contribution in [0.15, 0.2) is 72.7 Å². The van der Waals surface area contributed by atoms with Gasteiger partial charge in [-0.1, -0.05) is 48.0 Å². The summed E-state index contributed by atoms with van der Waals surface area (Å²) < 4.78 is 42.4. The smallest absolute Gasteiger partial charge is 0.116 e. The maximum atomic E-state index is 10.1. The van der Waals surface area contributed by atoms with Crippen molar-refractivity contribution in [1.29, 1.82) is 0 Å². The standard InChI is InChI=1S/C25H24N2O/c1-17-7-9-18(10-8-17)19-11-13-22-23-16-21(28)12-14-24(23)27(25(22)15-19)26-20-5-3-2-4-6-20/h2-10,12,14,16,19,26,28H,11,13,15H2,1H3/i2D,3D,4D,5D,6D. The van der Waals surface area contributed by atoms with E-state index >= 15 is 0 Å². The Morgan fingerprint density at radius 2 is 1.86 bits per heavy atom. The van der Waals surface area contributed by atoms with E-state index in [9.17, 15) is 5.11 Å². The third-order valence-corrected chi connectivity index (χ3v) is 5.62. The zero-order valence-electron chi connectivity index (χ0n) is 20.6. The van der Waals surface area contributed by atoms with Gasteiger partial charge in [0.1, 0.15) is 5.75 Å². The Morgan fingerprint density at radius 3 is 2.64 bits per heavy atom. The number of rotatable bonds is 3. The molecule has 1 atom stereocenters. The number of nitrogens with one attached hydrogen (secondary N) is 1. The summed E-state index contributed by atoms with van der Waals surface area (Å²) in [7, 11) is 0. The molecule has 1 aliphatic rings. The van der Waals surface area contributed by atoms with E-state index in [2.05, 4.69) is 36.6 Å². The van der Waals surface area contributed by atoms with E-state index in [0.29, 0.717) is 5.92 Å². The van der Waals surface area contributed by atoms with E-state index in [1.165, 1.54) is 11.1 Å². The first-order valence-corrected chi connectivity index (χ1v) is 9.52. The molecule has 0 fully saturated rings. The Kier molecular flexibility index (Phi) is 2.97. The highest BCUT2D eigenvalue weighted by molar-refractivity contribution is 5.88. The van der Waals surface area contributed by atoms with Crippen molar-refractivity contribution in [3.05, 3.63) is 95.1 Å². The van der Waals surface area contributed by atoms with Crippen molar-refractivity contribution in [3.8, 4) is 5.75 Å². The van der Waals surface area contributed by atoms with Gasteiger partial charge < -0.3 is 5.11 Å². The van der Waals surface area contributed by atoms with Crippen molar-refractivity contribution in [1.82, 2.24) is 4.68 Å². The predicted octanol–water partition coefficient (Wildman–Crippen LogP) is 5.80.